The molecule has 1 aromatic rings. The van der Waals surface area contributed by atoms with Gasteiger partial charge in [-0.05, 0) is 0 Å². The third kappa shape index (κ3) is 6.57. The zero-order valence-electron chi connectivity index (χ0n) is 11.5. The summed E-state index contributed by atoms with van der Waals surface area (Å²) in [6, 6.07) is 0. The highest BCUT2D eigenvalue weighted by atomic mass is 16.5. The number of aliphatic hydroxyl groups excluding tert-OH is 1. The molecule has 1 amide bonds. The van der Waals surface area contributed by atoms with Crippen LogP contribution in [-0.4, -0.2) is 65.6 Å². The van der Waals surface area contributed by atoms with Crippen molar-refractivity contribution in [3.05, 3.63) is 11.9 Å². The van der Waals surface area contributed by atoms with Gasteiger partial charge in [0.25, 0.3) is 0 Å². The van der Waals surface area contributed by atoms with E-state index in [1.807, 2.05) is 0 Å². The van der Waals surface area contributed by atoms with Crippen LogP contribution in [0.5, 0.6) is 0 Å². The number of methoxy groups -OCH3 is 1. The minimum atomic E-state index is -0.681. The monoisotopic (exact) mass is 287 g/mol. The Hall–Kier alpha value is -1.55. The van der Waals surface area contributed by atoms with E-state index in [0.717, 1.165) is 0 Å². The van der Waals surface area contributed by atoms with Gasteiger partial charge in [0.05, 0.1) is 51.8 Å². The Kier molecular flexibility index (Phi) is 7.73. The Morgan fingerprint density at radius 1 is 1.60 bits per heavy atom. The lowest BCUT2D eigenvalue weighted by Gasteiger charge is -2.10. The highest BCUT2D eigenvalue weighted by Crippen LogP contribution is 1.96. The first-order valence-corrected chi connectivity index (χ1v) is 6.26. The first-order valence-electron chi connectivity index (χ1n) is 6.26. The predicted octanol–water partition coefficient (Wildman–Crippen LogP) is -2.12. The molecule has 1 atom stereocenters. The van der Waals surface area contributed by atoms with E-state index in [0.29, 0.717) is 18.9 Å². The van der Waals surface area contributed by atoms with Gasteiger partial charge < -0.3 is 25.6 Å². The average Bonchev–Trinajstić information content (AvgIpc) is 2.88. The molecule has 0 aliphatic heterocycles. The van der Waals surface area contributed by atoms with Crippen molar-refractivity contribution in [3.8, 4) is 0 Å². The molecule has 0 aromatic carbocycles. The van der Waals surface area contributed by atoms with Crippen LogP contribution in [0.1, 0.15) is 5.69 Å². The highest BCUT2D eigenvalue weighted by Gasteiger charge is 2.08. The molecule has 0 fully saturated rings. The number of nitrogens with zero attached hydrogens (tertiary/aromatic N) is 3. The molecule has 9 heteroatoms. The zero-order chi connectivity index (χ0) is 14.8. The van der Waals surface area contributed by atoms with Crippen molar-refractivity contribution in [2.45, 2.75) is 19.2 Å². The van der Waals surface area contributed by atoms with Crippen molar-refractivity contribution >= 4 is 5.91 Å². The fourth-order valence-corrected chi connectivity index (χ4v) is 1.40. The maximum absolute atomic E-state index is 11.0. The summed E-state index contributed by atoms with van der Waals surface area (Å²) < 4.78 is 11.5. The van der Waals surface area contributed by atoms with Crippen LogP contribution >= 0.6 is 0 Å². The molecule has 0 radical (unpaired) electrons. The van der Waals surface area contributed by atoms with Gasteiger partial charge in [0, 0.05) is 7.11 Å². The largest absolute Gasteiger partial charge is 0.389 e. The molecular formula is C11H21N5O4. The minimum Gasteiger partial charge on any atom is -0.389 e. The molecule has 20 heavy (non-hydrogen) atoms. The summed E-state index contributed by atoms with van der Waals surface area (Å²) >= 11 is 0. The number of amides is 1. The number of hydrogen-bond donors (Lipinski definition) is 3. The van der Waals surface area contributed by atoms with Crippen molar-refractivity contribution in [3.63, 3.8) is 0 Å². The standard InChI is InChI=1S/C11H21N5O4/c1-19-2-3-20-8-10(17)7-16-6-9(14-15-16)5-13-11(18)4-12/h6,10,17H,2-5,7-8,12H2,1H3,(H,13,18). The summed E-state index contributed by atoms with van der Waals surface area (Å²) in [6.07, 6.45) is 0.967. The number of hydrogen-bond acceptors (Lipinski definition) is 7. The molecule has 0 spiro atoms. The summed E-state index contributed by atoms with van der Waals surface area (Å²) in [5, 5.41) is 20.0. The second kappa shape index (κ2) is 9.37. The van der Waals surface area contributed by atoms with Gasteiger partial charge in [0.1, 0.15) is 5.69 Å². The number of carbonyl (C=O) groups is 1. The summed E-state index contributed by atoms with van der Waals surface area (Å²) in [6.45, 7) is 1.58. The lowest BCUT2D eigenvalue weighted by molar-refractivity contribution is -0.119. The molecular weight excluding hydrogens is 266 g/mol. The molecule has 114 valence electrons. The topological polar surface area (TPSA) is 125 Å². The Balaban J connectivity index is 2.26. The number of nitrogens with one attached hydrogen (secondary N) is 1. The number of aliphatic hydroxyl groups is 1. The Morgan fingerprint density at radius 3 is 3.10 bits per heavy atom. The van der Waals surface area contributed by atoms with Crippen LogP contribution in [0, 0.1) is 0 Å². The van der Waals surface area contributed by atoms with Gasteiger partial charge in [-0.3, -0.25) is 4.79 Å². The van der Waals surface area contributed by atoms with E-state index in [1.54, 1.807) is 13.3 Å². The van der Waals surface area contributed by atoms with Crippen LogP contribution in [-0.2, 0) is 27.4 Å². The molecule has 0 saturated carbocycles. The molecule has 1 rings (SSSR count). The lowest BCUT2D eigenvalue weighted by atomic mass is 10.4. The number of ether oxygens (including phenoxy) is 2. The number of aromatic nitrogens is 3. The quantitative estimate of drug-likeness (QED) is 0.420. The summed E-state index contributed by atoms with van der Waals surface area (Å²) in [7, 11) is 1.58. The van der Waals surface area contributed by atoms with Crippen LogP contribution in [0.15, 0.2) is 6.20 Å². The number of carbonyl (C=O) groups excluding carboxylic acids is 1. The average molecular weight is 287 g/mol. The van der Waals surface area contributed by atoms with Gasteiger partial charge in [-0.1, -0.05) is 5.21 Å². The van der Waals surface area contributed by atoms with Crippen LogP contribution in [0.3, 0.4) is 0 Å². The van der Waals surface area contributed by atoms with Crippen molar-refractivity contribution in [1.82, 2.24) is 20.3 Å². The van der Waals surface area contributed by atoms with Gasteiger partial charge in [-0.2, -0.15) is 0 Å². The van der Waals surface area contributed by atoms with Gasteiger partial charge in [-0.25, -0.2) is 4.68 Å². The fourth-order valence-electron chi connectivity index (χ4n) is 1.40. The Labute approximate surface area is 117 Å². The Bertz CT molecular complexity index is 398. The SMILES string of the molecule is COCCOCC(O)Cn1cc(CNC(=O)CN)nn1. The molecule has 1 heterocycles. The van der Waals surface area contributed by atoms with Gasteiger partial charge in [0.2, 0.25) is 5.91 Å². The smallest absolute Gasteiger partial charge is 0.234 e. The summed E-state index contributed by atoms with van der Waals surface area (Å²) in [5.74, 6) is -0.258. The van der Waals surface area contributed by atoms with Crippen LogP contribution in [0.4, 0.5) is 0 Å². The number of nitrogens with two attached hydrogens (primary N) is 1. The van der Waals surface area contributed by atoms with E-state index in [9.17, 15) is 9.90 Å². The first-order chi connectivity index (χ1) is 9.65. The van der Waals surface area contributed by atoms with E-state index in [4.69, 9.17) is 15.2 Å². The maximum atomic E-state index is 11.0. The molecule has 4 N–H and O–H groups in total. The molecule has 0 saturated heterocycles. The summed E-state index contributed by atoms with van der Waals surface area (Å²) in [5.41, 5.74) is 5.76. The van der Waals surface area contributed by atoms with Crippen LogP contribution in [0.25, 0.3) is 0 Å². The van der Waals surface area contributed by atoms with Crippen molar-refractivity contribution in [2.24, 2.45) is 5.73 Å². The Morgan fingerprint density at radius 2 is 2.40 bits per heavy atom. The third-order valence-corrected chi connectivity index (χ3v) is 2.38. The normalized spacial score (nSPS) is 12.3. The number of rotatable bonds is 10. The van der Waals surface area contributed by atoms with E-state index in [1.165, 1.54) is 4.68 Å². The second-order valence-electron chi connectivity index (χ2n) is 4.13. The van der Waals surface area contributed by atoms with Crippen molar-refractivity contribution in [2.75, 3.05) is 33.5 Å². The van der Waals surface area contributed by atoms with Crippen molar-refractivity contribution < 1.29 is 19.4 Å². The van der Waals surface area contributed by atoms with Gasteiger partial charge >= 0.3 is 0 Å². The minimum absolute atomic E-state index is 0.0638. The van der Waals surface area contributed by atoms with Crippen LogP contribution < -0.4 is 11.1 Å². The molecule has 0 aliphatic carbocycles. The predicted molar refractivity (Wildman–Crippen MR) is 69.6 cm³/mol. The third-order valence-electron chi connectivity index (χ3n) is 2.38. The van der Waals surface area contributed by atoms with E-state index < -0.39 is 6.10 Å². The summed E-state index contributed by atoms with van der Waals surface area (Å²) in [4.78, 5) is 11.0. The van der Waals surface area contributed by atoms with E-state index in [2.05, 4.69) is 15.6 Å². The molecule has 1 unspecified atom stereocenters. The molecule has 0 aliphatic rings. The molecule has 0 bridgehead atoms. The molecule has 1 aromatic heterocycles. The fraction of sp³-hybridized carbons (Fsp3) is 0.727. The van der Waals surface area contributed by atoms with Gasteiger partial charge in [0.15, 0.2) is 0 Å². The molecule has 9 nitrogen and oxygen atoms in total. The highest BCUT2D eigenvalue weighted by molar-refractivity contribution is 5.77. The van der Waals surface area contributed by atoms with E-state index in [-0.39, 0.29) is 32.1 Å². The zero-order valence-corrected chi connectivity index (χ0v) is 11.5. The maximum Gasteiger partial charge on any atom is 0.234 e. The second-order valence-corrected chi connectivity index (χ2v) is 4.13. The first kappa shape index (κ1) is 16.5. The van der Waals surface area contributed by atoms with Crippen molar-refractivity contribution in [1.29, 1.82) is 0 Å². The van der Waals surface area contributed by atoms with Crippen LogP contribution in [0.2, 0.25) is 0 Å². The van der Waals surface area contributed by atoms with Gasteiger partial charge in [-0.15, -0.1) is 5.10 Å². The lowest BCUT2D eigenvalue weighted by Crippen LogP contribution is -2.29. The van der Waals surface area contributed by atoms with E-state index >= 15 is 0 Å².